The zero-order valence-corrected chi connectivity index (χ0v) is 11.6. The molecular weight excluding hydrogens is 404 g/mol. The number of halogens is 5. The van der Waals surface area contributed by atoms with Crippen LogP contribution in [0, 0.1) is 3.57 Å². The van der Waals surface area contributed by atoms with E-state index >= 15 is 0 Å². The van der Waals surface area contributed by atoms with Gasteiger partial charge >= 0.3 is 6.36 Å². The maximum atomic E-state index is 12.1. The van der Waals surface area contributed by atoms with E-state index in [2.05, 4.69) is 20.7 Å². The SMILES string of the molecule is CC(=O)c1cc(I)c(Br)c(OC(F)(F)F)c1. The molecule has 0 unspecified atom stereocenters. The average Bonchev–Trinajstić information content (AvgIpc) is 2.10. The van der Waals surface area contributed by atoms with Crippen molar-refractivity contribution >= 4 is 44.3 Å². The van der Waals surface area contributed by atoms with Gasteiger partial charge in [0.05, 0.1) is 4.47 Å². The highest BCUT2D eigenvalue weighted by Crippen LogP contribution is 2.35. The molecule has 0 aromatic heterocycles. The van der Waals surface area contributed by atoms with E-state index in [-0.39, 0.29) is 15.8 Å². The van der Waals surface area contributed by atoms with Gasteiger partial charge in [-0.3, -0.25) is 4.79 Å². The molecule has 0 aliphatic carbocycles. The molecule has 0 bridgehead atoms. The summed E-state index contributed by atoms with van der Waals surface area (Å²) in [4.78, 5) is 11.1. The molecule has 0 atom stereocenters. The summed E-state index contributed by atoms with van der Waals surface area (Å²) in [5, 5.41) is 0. The van der Waals surface area contributed by atoms with Crippen molar-refractivity contribution < 1.29 is 22.7 Å². The van der Waals surface area contributed by atoms with Crippen LogP contribution < -0.4 is 4.74 Å². The van der Waals surface area contributed by atoms with Crippen LogP contribution in [-0.4, -0.2) is 12.1 Å². The molecular formula is C9H5BrF3IO2. The number of hydrogen-bond acceptors (Lipinski definition) is 2. The minimum absolute atomic E-state index is 0.173. The number of benzene rings is 1. The van der Waals surface area contributed by atoms with E-state index in [1.165, 1.54) is 13.0 Å². The number of ketones is 1. The normalized spacial score (nSPS) is 11.4. The summed E-state index contributed by atoms with van der Waals surface area (Å²) < 4.78 is 40.6. The zero-order chi connectivity index (χ0) is 12.5. The summed E-state index contributed by atoms with van der Waals surface area (Å²) in [6.07, 6.45) is -4.78. The van der Waals surface area contributed by atoms with Gasteiger partial charge in [0.15, 0.2) is 5.78 Å². The molecule has 1 rings (SSSR count). The molecule has 16 heavy (non-hydrogen) atoms. The molecule has 0 aliphatic heterocycles. The van der Waals surface area contributed by atoms with Crippen LogP contribution in [0.2, 0.25) is 0 Å². The van der Waals surface area contributed by atoms with E-state index in [4.69, 9.17) is 0 Å². The molecule has 0 heterocycles. The van der Waals surface area contributed by atoms with Gasteiger partial charge in [0.2, 0.25) is 0 Å². The second-order valence-corrected chi connectivity index (χ2v) is 4.83. The van der Waals surface area contributed by atoms with Crippen LogP contribution in [0.1, 0.15) is 17.3 Å². The monoisotopic (exact) mass is 408 g/mol. The number of carbonyl (C=O) groups is 1. The third-order valence-corrected chi connectivity index (χ3v) is 4.04. The van der Waals surface area contributed by atoms with E-state index in [0.29, 0.717) is 3.57 Å². The average molecular weight is 409 g/mol. The van der Waals surface area contributed by atoms with Crippen molar-refractivity contribution in [1.29, 1.82) is 0 Å². The van der Waals surface area contributed by atoms with Crippen LogP contribution >= 0.6 is 38.5 Å². The Morgan fingerprint density at radius 3 is 2.44 bits per heavy atom. The summed E-state index contributed by atoms with van der Waals surface area (Å²) in [6.45, 7) is 1.27. The quantitative estimate of drug-likeness (QED) is 0.542. The number of carbonyl (C=O) groups excluding carboxylic acids is 1. The fourth-order valence-corrected chi connectivity index (χ4v) is 1.88. The molecule has 0 saturated carbocycles. The van der Waals surface area contributed by atoms with Gasteiger partial charge in [-0.05, 0) is 57.6 Å². The lowest BCUT2D eigenvalue weighted by Crippen LogP contribution is -2.18. The fraction of sp³-hybridized carbons (Fsp3) is 0.222. The van der Waals surface area contributed by atoms with Crippen molar-refractivity contribution in [1.82, 2.24) is 0 Å². The van der Waals surface area contributed by atoms with Crippen molar-refractivity contribution in [2.45, 2.75) is 13.3 Å². The largest absolute Gasteiger partial charge is 0.573 e. The van der Waals surface area contributed by atoms with Crippen LogP contribution in [-0.2, 0) is 0 Å². The number of ether oxygens (including phenoxy) is 1. The smallest absolute Gasteiger partial charge is 0.405 e. The van der Waals surface area contributed by atoms with Gasteiger partial charge in [-0.15, -0.1) is 13.2 Å². The Balaban J connectivity index is 3.22. The first-order valence-corrected chi connectivity index (χ1v) is 5.83. The Morgan fingerprint density at radius 2 is 2.00 bits per heavy atom. The molecule has 0 amide bonds. The second-order valence-electron chi connectivity index (χ2n) is 2.87. The van der Waals surface area contributed by atoms with E-state index in [0.717, 1.165) is 6.07 Å². The van der Waals surface area contributed by atoms with Gasteiger partial charge in [0.25, 0.3) is 0 Å². The molecule has 0 spiro atoms. The number of Topliss-reactive ketones (excluding diaryl/α,β-unsaturated/α-hetero) is 1. The van der Waals surface area contributed by atoms with Gasteiger partial charge in [-0.1, -0.05) is 0 Å². The summed E-state index contributed by atoms with van der Waals surface area (Å²) >= 11 is 4.79. The maximum absolute atomic E-state index is 12.1. The number of hydrogen-bond donors (Lipinski definition) is 0. The van der Waals surface area contributed by atoms with Crippen LogP contribution in [0.3, 0.4) is 0 Å². The van der Waals surface area contributed by atoms with Crippen LogP contribution in [0.15, 0.2) is 16.6 Å². The minimum atomic E-state index is -4.78. The molecule has 88 valence electrons. The molecule has 0 N–H and O–H groups in total. The lowest BCUT2D eigenvalue weighted by Gasteiger charge is -2.12. The van der Waals surface area contributed by atoms with E-state index in [1.807, 2.05) is 22.6 Å². The highest BCUT2D eigenvalue weighted by atomic mass is 127. The predicted octanol–water partition coefficient (Wildman–Crippen LogP) is 4.15. The van der Waals surface area contributed by atoms with Gasteiger partial charge in [0.1, 0.15) is 5.75 Å². The standard InChI is InChI=1S/C9H5BrF3IO2/c1-4(15)5-2-6(14)8(10)7(3-5)16-9(11,12)13/h2-3H,1H3. The molecule has 7 heteroatoms. The highest BCUT2D eigenvalue weighted by Gasteiger charge is 2.32. The fourth-order valence-electron chi connectivity index (χ4n) is 0.966. The first-order chi connectivity index (χ1) is 7.20. The summed E-state index contributed by atoms with van der Waals surface area (Å²) in [5.41, 5.74) is 0.173. The predicted molar refractivity (Wildman–Crippen MR) is 63.5 cm³/mol. The molecule has 0 aliphatic rings. The van der Waals surface area contributed by atoms with E-state index in [1.54, 1.807) is 0 Å². The van der Waals surface area contributed by atoms with Gasteiger partial charge in [0, 0.05) is 9.13 Å². The molecule has 2 nitrogen and oxygen atoms in total. The van der Waals surface area contributed by atoms with Gasteiger partial charge in [-0.25, -0.2) is 0 Å². The Hall–Kier alpha value is -0.310. The molecule has 1 aromatic rings. The third kappa shape index (κ3) is 3.62. The summed E-state index contributed by atoms with van der Waals surface area (Å²) in [6, 6.07) is 2.54. The Kier molecular flexibility index (Phi) is 4.22. The van der Waals surface area contributed by atoms with Crippen LogP contribution in [0.4, 0.5) is 13.2 Å². The summed E-state index contributed by atoms with van der Waals surface area (Å²) in [5.74, 6) is -0.734. The van der Waals surface area contributed by atoms with Gasteiger partial charge < -0.3 is 4.74 Å². The molecule has 0 saturated heterocycles. The molecule has 1 aromatic carbocycles. The number of rotatable bonds is 2. The van der Waals surface area contributed by atoms with Crippen molar-refractivity contribution in [2.24, 2.45) is 0 Å². The van der Waals surface area contributed by atoms with E-state index in [9.17, 15) is 18.0 Å². The maximum Gasteiger partial charge on any atom is 0.573 e. The van der Waals surface area contributed by atoms with Crippen LogP contribution in [0.25, 0.3) is 0 Å². The second kappa shape index (κ2) is 4.91. The van der Waals surface area contributed by atoms with Crippen LogP contribution in [0.5, 0.6) is 5.75 Å². The first-order valence-electron chi connectivity index (χ1n) is 3.96. The van der Waals surface area contributed by atoms with Crippen molar-refractivity contribution in [3.8, 4) is 5.75 Å². The van der Waals surface area contributed by atoms with E-state index < -0.39 is 12.1 Å². The lowest BCUT2D eigenvalue weighted by molar-refractivity contribution is -0.274. The number of alkyl halides is 3. The van der Waals surface area contributed by atoms with Crippen molar-refractivity contribution in [3.63, 3.8) is 0 Å². The topological polar surface area (TPSA) is 26.3 Å². The first kappa shape index (κ1) is 13.8. The van der Waals surface area contributed by atoms with Crippen molar-refractivity contribution in [2.75, 3.05) is 0 Å². The Bertz CT molecular complexity index is 431. The zero-order valence-electron chi connectivity index (χ0n) is 7.86. The van der Waals surface area contributed by atoms with Gasteiger partial charge in [-0.2, -0.15) is 0 Å². The Morgan fingerprint density at radius 1 is 1.44 bits per heavy atom. The Labute approximate surface area is 111 Å². The lowest BCUT2D eigenvalue weighted by atomic mass is 10.1. The van der Waals surface area contributed by atoms with Crippen molar-refractivity contribution in [3.05, 3.63) is 25.7 Å². The highest BCUT2D eigenvalue weighted by molar-refractivity contribution is 14.1. The minimum Gasteiger partial charge on any atom is -0.405 e. The summed E-state index contributed by atoms with van der Waals surface area (Å²) in [7, 11) is 0. The third-order valence-electron chi connectivity index (χ3n) is 1.63. The molecule has 0 fully saturated rings. The molecule has 0 radical (unpaired) electrons.